The first kappa shape index (κ1) is 15.8. The molecule has 1 fully saturated rings. The van der Waals surface area contributed by atoms with E-state index in [1.807, 2.05) is 6.07 Å². The van der Waals surface area contributed by atoms with Gasteiger partial charge in [0.1, 0.15) is 0 Å². The van der Waals surface area contributed by atoms with E-state index < -0.39 is 0 Å². The van der Waals surface area contributed by atoms with Gasteiger partial charge < -0.3 is 5.32 Å². The Hall–Kier alpha value is -0.570. The number of halogens is 1. The fourth-order valence-corrected chi connectivity index (χ4v) is 3.28. The molecule has 2 atom stereocenters. The van der Waals surface area contributed by atoms with Gasteiger partial charge in [-0.1, -0.05) is 37.6 Å². The first-order chi connectivity index (χ1) is 9.56. The number of hydrogen-bond acceptors (Lipinski definition) is 2. The predicted octanol–water partition coefficient (Wildman–Crippen LogP) is 4.11. The minimum absolute atomic E-state index is 0.434. The quantitative estimate of drug-likeness (QED) is 0.899. The number of nitrogens with one attached hydrogen (secondary N) is 1. The molecule has 1 N–H and O–H groups in total. The van der Waals surface area contributed by atoms with Gasteiger partial charge in [-0.05, 0) is 49.9 Å². The summed E-state index contributed by atoms with van der Waals surface area (Å²) in [5.41, 5.74) is 1.32. The minimum Gasteiger partial charge on any atom is -0.313 e. The molecule has 20 heavy (non-hydrogen) atoms. The highest BCUT2D eigenvalue weighted by Crippen LogP contribution is 2.24. The fraction of sp³-hybridized carbons (Fsp3) is 0.647. The maximum Gasteiger partial charge on any atom is 0.0409 e. The molecule has 1 aromatic rings. The van der Waals surface area contributed by atoms with Crippen molar-refractivity contribution in [1.82, 2.24) is 10.2 Å². The SMILES string of the molecule is CC(C)CC1CN(C(C)c2cccc(Cl)c2)CCCN1. The summed E-state index contributed by atoms with van der Waals surface area (Å²) in [6, 6.07) is 9.33. The number of nitrogens with zero attached hydrogens (tertiary/aromatic N) is 1. The molecule has 0 bridgehead atoms. The van der Waals surface area contributed by atoms with Crippen LogP contribution in [0.25, 0.3) is 0 Å². The van der Waals surface area contributed by atoms with Crippen LogP contribution in [-0.2, 0) is 0 Å². The molecule has 2 unspecified atom stereocenters. The monoisotopic (exact) mass is 294 g/mol. The van der Waals surface area contributed by atoms with Crippen molar-refractivity contribution in [2.24, 2.45) is 5.92 Å². The Morgan fingerprint density at radius 3 is 2.85 bits per heavy atom. The lowest BCUT2D eigenvalue weighted by Crippen LogP contribution is -2.39. The molecule has 0 spiro atoms. The fourth-order valence-electron chi connectivity index (χ4n) is 3.08. The topological polar surface area (TPSA) is 15.3 Å². The molecule has 0 amide bonds. The third-order valence-corrected chi connectivity index (χ3v) is 4.38. The predicted molar refractivity (Wildman–Crippen MR) is 87.3 cm³/mol. The van der Waals surface area contributed by atoms with E-state index in [9.17, 15) is 0 Å². The molecule has 2 nitrogen and oxygen atoms in total. The molecular formula is C17H27ClN2. The van der Waals surface area contributed by atoms with Crippen molar-refractivity contribution in [1.29, 1.82) is 0 Å². The first-order valence-corrected chi connectivity index (χ1v) is 8.17. The van der Waals surface area contributed by atoms with Gasteiger partial charge in [-0.25, -0.2) is 0 Å². The molecule has 1 aliphatic heterocycles. The van der Waals surface area contributed by atoms with Gasteiger partial charge in [0.2, 0.25) is 0 Å². The molecule has 1 aliphatic rings. The van der Waals surface area contributed by atoms with Gasteiger partial charge in [-0.2, -0.15) is 0 Å². The van der Waals surface area contributed by atoms with Crippen LogP contribution < -0.4 is 5.32 Å². The van der Waals surface area contributed by atoms with E-state index in [-0.39, 0.29) is 0 Å². The lowest BCUT2D eigenvalue weighted by atomic mass is 10.0. The minimum atomic E-state index is 0.434. The molecule has 1 heterocycles. The average molecular weight is 295 g/mol. The van der Waals surface area contributed by atoms with Gasteiger partial charge >= 0.3 is 0 Å². The van der Waals surface area contributed by atoms with Crippen LogP contribution in [0, 0.1) is 5.92 Å². The van der Waals surface area contributed by atoms with Crippen LogP contribution in [0.4, 0.5) is 0 Å². The van der Waals surface area contributed by atoms with Gasteiger partial charge in [0.25, 0.3) is 0 Å². The van der Waals surface area contributed by atoms with E-state index in [4.69, 9.17) is 11.6 Å². The summed E-state index contributed by atoms with van der Waals surface area (Å²) in [5, 5.41) is 4.53. The van der Waals surface area contributed by atoms with Crippen molar-refractivity contribution >= 4 is 11.6 Å². The summed E-state index contributed by atoms with van der Waals surface area (Å²) in [4.78, 5) is 2.60. The first-order valence-electron chi connectivity index (χ1n) is 7.79. The van der Waals surface area contributed by atoms with E-state index in [0.717, 1.165) is 30.6 Å². The van der Waals surface area contributed by atoms with Gasteiger partial charge in [0.15, 0.2) is 0 Å². The Kier molecular flexibility index (Phi) is 5.88. The standard InChI is InChI=1S/C17H27ClN2/c1-13(2)10-17-12-20(9-5-8-19-17)14(3)15-6-4-7-16(18)11-15/h4,6-7,11,13-14,17,19H,5,8-10,12H2,1-3H3. The number of benzene rings is 1. The molecule has 0 aliphatic carbocycles. The molecule has 0 aromatic heterocycles. The highest BCUT2D eigenvalue weighted by molar-refractivity contribution is 6.30. The van der Waals surface area contributed by atoms with Crippen LogP contribution in [0.15, 0.2) is 24.3 Å². The molecule has 112 valence electrons. The second kappa shape index (κ2) is 7.44. The summed E-state index contributed by atoms with van der Waals surface area (Å²) < 4.78 is 0. The normalized spacial score (nSPS) is 22.8. The van der Waals surface area contributed by atoms with Crippen LogP contribution in [0.5, 0.6) is 0 Å². The molecule has 2 rings (SSSR count). The van der Waals surface area contributed by atoms with Gasteiger partial charge in [-0.15, -0.1) is 0 Å². The molecule has 0 saturated carbocycles. The smallest absolute Gasteiger partial charge is 0.0409 e. The van der Waals surface area contributed by atoms with Crippen molar-refractivity contribution in [2.75, 3.05) is 19.6 Å². The summed E-state index contributed by atoms with van der Waals surface area (Å²) in [6.45, 7) is 10.3. The largest absolute Gasteiger partial charge is 0.313 e. The molecule has 3 heteroatoms. The van der Waals surface area contributed by atoms with Crippen LogP contribution >= 0.6 is 11.6 Å². The maximum absolute atomic E-state index is 6.13. The summed E-state index contributed by atoms with van der Waals surface area (Å²) in [5.74, 6) is 0.744. The average Bonchev–Trinajstić information content (AvgIpc) is 2.62. The summed E-state index contributed by atoms with van der Waals surface area (Å²) >= 11 is 6.13. The van der Waals surface area contributed by atoms with Gasteiger partial charge in [-0.3, -0.25) is 4.90 Å². The van der Waals surface area contributed by atoms with E-state index in [1.165, 1.54) is 18.4 Å². The zero-order chi connectivity index (χ0) is 14.5. The lowest BCUT2D eigenvalue weighted by Gasteiger charge is -2.31. The zero-order valence-corrected chi connectivity index (χ0v) is 13.7. The van der Waals surface area contributed by atoms with Crippen molar-refractivity contribution in [3.05, 3.63) is 34.9 Å². The lowest BCUT2D eigenvalue weighted by molar-refractivity contribution is 0.199. The van der Waals surface area contributed by atoms with Crippen LogP contribution in [0.2, 0.25) is 5.02 Å². The maximum atomic E-state index is 6.13. The molecular weight excluding hydrogens is 268 g/mol. The van der Waals surface area contributed by atoms with Crippen LogP contribution in [-0.4, -0.2) is 30.6 Å². The van der Waals surface area contributed by atoms with Crippen molar-refractivity contribution in [2.45, 2.75) is 45.7 Å². The Balaban J connectivity index is 2.05. The van der Waals surface area contributed by atoms with Gasteiger partial charge in [0, 0.05) is 30.2 Å². The summed E-state index contributed by atoms with van der Waals surface area (Å²) in [6.07, 6.45) is 2.47. The third kappa shape index (κ3) is 4.47. The van der Waals surface area contributed by atoms with Crippen molar-refractivity contribution in [3.63, 3.8) is 0 Å². The van der Waals surface area contributed by atoms with Crippen LogP contribution in [0.3, 0.4) is 0 Å². The highest BCUT2D eigenvalue weighted by Gasteiger charge is 2.23. The number of rotatable bonds is 4. The van der Waals surface area contributed by atoms with Crippen LogP contribution in [0.1, 0.15) is 45.2 Å². The Morgan fingerprint density at radius 1 is 1.35 bits per heavy atom. The van der Waals surface area contributed by atoms with Crippen molar-refractivity contribution in [3.8, 4) is 0 Å². The highest BCUT2D eigenvalue weighted by atomic mass is 35.5. The Morgan fingerprint density at radius 2 is 2.15 bits per heavy atom. The Labute approximate surface area is 128 Å². The van der Waals surface area contributed by atoms with E-state index in [0.29, 0.717) is 12.1 Å². The second-order valence-corrected chi connectivity index (χ2v) is 6.80. The third-order valence-electron chi connectivity index (χ3n) is 4.14. The van der Waals surface area contributed by atoms with E-state index in [2.05, 4.69) is 49.2 Å². The van der Waals surface area contributed by atoms with E-state index >= 15 is 0 Å². The van der Waals surface area contributed by atoms with Crippen molar-refractivity contribution < 1.29 is 0 Å². The second-order valence-electron chi connectivity index (χ2n) is 6.36. The molecule has 0 radical (unpaired) electrons. The summed E-state index contributed by atoms with van der Waals surface area (Å²) in [7, 11) is 0. The Bertz CT molecular complexity index is 419. The number of hydrogen-bond donors (Lipinski definition) is 1. The zero-order valence-electron chi connectivity index (χ0n) is 12.9. The molecule has 1 aromatic carbocycles. The van der Waals surface area contributed by atoms with E-state index in [1.54, 1.807) is 0 Å². The molecule has 1 saturated heterocycles. The van der Waals surface area contributed by atoms with Gasteiger partial charge in [0.05, 0.1) is 0 Å².